The largest absolute Gasteiger partial charge is 0.508 e. The van der Waals surface area contributed by atoms with Crippen LogP contribution in [0.2, 0.25) is 0 Å². The van der Waals surface area contributed by atoms with Gasteiger partial charge in [-0.3, -0.25) is 4.79 Å². The Bertz CT molecular complexity index is 974. The number of phenols is 2. The summed E-state index contributed by atoms with van der Waals surface area (Å²) in [5, 5.41) is 19.5. The van der Waals surface area contributed by atoms with Crippen molar-refractivity contribution in [2.45, 2.75) is 6.92 Å². The number of nitrogens with zero attached hydrogens (tertiary/aromatic N) is 1. The zero-order chi connectivity index (χ0) is 20.8. The van der Waals surface area contributed by atoms with Crippen molar-refractivity contribution in [1.29, 1.82) is 0 Å². The highest BCUT2D eigenvalue weighted by Crippen LogP contribution is 2.29. The lowest BCUT2D eigenvalue weighted by Crippen LogP contribution is -2.20. The summed E-state index contributed by atoms with van der Waals surface area (Å²) in [6.45, 7) is 2.12. The number of esters is 1. The highest BCUT2D eigenvalue weighted by Gasteiger charge is 2.16. The number of hydrogen-bond acceptors (Lipinski definition) is 6. The molecule has 1 aliphatic heterocycles. The van der Waals surface area contributed by atoms with Crippen molar-refractivity contribution in [3.63, 3.8) is 0 Å². The minimum atomic E-state index is -0.644. The Hall–Kier alpha value is -3.80. The molecule has 1 heterocycles. The second-order valence-corrected chi connectivity index (χ2v) is 6.51. The molecule has 6 heteroatoms. The number of allylic oxidation sites excluding steroid dienone is 10. The molecule has 1 aromatic rings. The first-order valence-electron chi connectivity index (χ1n) is 9.07. The van der Waals surface area contributed by atoms with E-state index >= 15 is 0 Å². The quantitative estimate of drug-likeness (QED) is 0.748. The molecule has 0 aromatic heterocycles. The normalized spacial score (nSPS) is 15.1. The van der Waals surface area contributed by atoms with Gasteiger partial charge in [0.05, 0.1) is 6.54 Å². The fourth-order valence-electron chi connectivity index (χ4n) is 2.68. The van der Waals surface area contributed by atoms with Gasteiger partial charge in [0.25, 0.3) is 0 Å². The van der Waals surface area contributed by atoms with Gasteiger partial charge >= 0.3 is 5.97 Å². The van der Waals surface area contributed by atoms with E-state index in [9.17, 15) is 19.8 Å². The molecule has 1 aromatic carbocycles. The Balaban J connectivity index is 1.49. The Morgan fingerprint density at radius 1 is 1.00 bits per heavy atom. The Morgan fingerprint density at radius 3 is 2.28 bits per heavy atom. The second-order valence-electron chi connectivity index (χ2n) is 6.51. The van der Waals surface area contributed by atoms with E-state index in [2.05, 4.69) is 0 Å². The summed E-state index contributed by atoms with van der Waals surface area (Å²) in [6.07, 6.45) is 18.1. The smallest absolute Gasteiger partial charge is 0.341 e. The van der Waals surface area contributed by atoms with Crippen LogP contribution < -0.4 is 0 Å². The third-order valence-corrected chi connectivity index (χ3v) is 4.47. The van der Waals surface area contributed by atoms with Gasteiger partial charge in [-0.25, -0.2) is 4.79 Å². The number of aromatic hydroxyl groups is 2. The zero-order valence-corrected chi connectivity index (χ0v) is 15.9. The van der Waals surface area contributed by atoms with E-state index in [0.29, 0.717) is 6.54 Å². The van der Waals surface area contributed by atoms with Gasteiger partial charge in [0, 0.05) is 18.0 Å². The summed E-state index contributed by atoms with van der Waals surface area (Å²) in [4.78, 5) is 25.1. The first-order chi connectivity index (χ1) is 13.9. The predicted octanol–water partition coefficient (Wildman–Crippen LogP) is 3.45. The molecule has 0 spiro atoms. The molecule has 3 rings (SSSR count). The van der Waals surface area contributed by atoms with Crippen LogP contribution in [0.1, 0.15) is 15.9 Å². The van der Waals surface area contributed by atoms with E-state index in [0.717, 1.165) is 11.1 Å². The molecule has 1 aliphatic carbocycles. The molecule has 0 amide bonds. The van der Waals surface area contributed by atoms with Gasteiger partial charge in [-0.15, -0.1) is 0 Å². The Morgan fingerprint density at radius 2 is 1.62 bits per heavy atom. The van der Waals surface area contributed by atoms with Crippen molar-refractivity contribution >= 4 is 11.8 Å². The molecular weight excluding hydrogens is 370 g/mol. The van der Waals surface area contributed by atoms with Gasteiger partial charge in [-0.1, -0.05) is 24.3 Å². The number of phenolic OH excluding ortho intramolecular Hbond substituents is 2. The van der Waals surface area contributed by atoms with Crippen LogP contribution in [0.15, 0.2) is 84.3 Å². The summed E-state index contributed by atoms with van der Waals surface area (Å²) in [7, 11) is 0. The molecule has 2 N–H and O–H groups in total. The summed E-state index contributed by atoms with van der Waals surface area (Å²) < 4.78 is 5.21. The average molecular weight is 391 g/mol. The summed E-state index contributed by atoms with van der Waals surface area (Å²) >= 11 is 0. The zero-order valence-electron chi connectivity index (χ0n) is 15.9. The molecule has 0 unspecified atom stereocenters. The van der Waals surface area contributed by atoms with Crippen molar-refractivity contribution in [3.05, 3.63) is 95.4 Å². The lowest BCUT2D eigenvalue weighted by molar-refractivity contribution is -0.110. The van der Waals surface area contributed by atoms with E-state index in [1.807, 2.05) is 41.6 Å². The van der Waals surface area contributed by atoms with E-state index in [1.165, 1.54) is 31.2 Å². The maximum Gasteiger partial charge on any atom is 0.341 e. The minimum Gasteiger partial charge on any atom is -0.508 e. The highest BCUT2D eigenvalue weighted by atomic mass is 16.5. The van der Waals surface area contributed by atoms with E-state index in [4.69, 9.17) is 4.74 Å². The fourth-order valence-corrected chi connectivity index (χ4v) is 2.68. The van der Waals surface area contributed by atoms with E-state index < -0.39 is 5.97 Å². The van der Waals surface area contributed by atoms with Crippen molar-refractivity contribution in [1.82, 2.24) is 4.90 Å². The standard InChI is InChI=1S/C23H21NO5/c1-16-21(26)9-8-20(22(16)27)23(28)29-15-14-24-12-10-18(11-13-24)3-2-17-4-6-19(25)7-5-17/h2-13,26-27H,14-15H2,1H3. The molecule has 0 saturated carbocycles. The van der Waals surface area contributed by atoms with Crippen LogP contribution in [0.3, 0.4) is 0 Å². The Kier molecular flexibility index (Phi) is 6.14. The lowest BCUT2D eigenvalue weighted by atomic mass is 10.1. The Labute approximate surface area is 168 Å². The van der Waals surface area contributed by atoms with Crippen LogP contribution in [-0.2, 0) is 9.53 Å². The molecule has 6 nitrogen and oxygen atoms in total. The van der Waals surface area contributed by atoms with Crippen LogP contribution in [0.25, 0.3) is 0 Å². The maximum absolute atomic E-state index is 12.1. The minimum absolute atomic E-state index is 0.0145. The molecule has 29 heavy (non-hydrogen) atoms. The van der Waals surface area contributed by atoms with Gasteiger partial charge < -0.3 is 19.8 Å². The van der Waals surface area contributed by atoms with Crippen molar-refractivity contribution in [2.24, 2.45) is 0 Å². The molecule has 148 valence electrons. The van der Waals surface area contributed by atoms with Gasteiger partial charge in [-0.2, -0.15) is 0 Å². The molecule has 0 fully saturated rings. The molecule has 0 saturated heterocycles. The average Bonchev–Trinajstić information content (AvgIpc) is 2.72. The maximum atomic E-state index is 12.1. The number of rotatable bonds is 5. The molecule has 2 aliphatic rings. The molecule has 0 radical (unpaired) electrons. The molecule has 0 atom stereocenters. The summed E-state index contributed by atoms with van der Waals surface area (Å²) in [5.74, 6) is -1.01. The predicted molar refractivity (Wildman–Crippen MR) is 109 cm³/mol. The van der Waals surface area contributed by atoms with Crippen LogP contribution in [0.5, 0.6) is 11.5 Å². The summed E-state index contributed by atoms with van der Waals surface area (Å²) in [6, 6.07) is 2.68. The highest BCUT2D eigenvalue weighted by molar-refractivity contribution is 6.01. The first-order valence-corrected chi connectivity index (χ1v) is 9.07. The number of benzene rings is 1. The second kappa shape index (κ2) is 8.93. The third kappa shape index (κ3) is 5.13. The van der Waals surface area contributed by atoms with Crippen LogP contribution in [0, 0.1) is 6.92 Å². The number of carbonyl (C=O) groups is 2. The monoisotopic (exact) mass is 391 g/mol. The fraction of sp³-hybridized carbons (Fsp3) is 0.130. The summed E-state index contributed by atoms with van der Waals surface area (Å²) in [5.41, 5.74) is 2.20. The molecule has 0 bridgehead atoms. The van der Waals surface area contributed by atoms with Crippen molar-refractivity contribution < 1.29 is 24.5 Å². The number of carbonyl (C=O) groups excluding carboxylic acids is 2. The molecular formula is C23H21NO5. The van der Waals surface area contributed by atoms with Crippen LogP contribution in [-0.4, -0.2) is 40.0 Å². The van der Waals surface area contributed by atoms with Crippen molar-refractivity contribution in [3.8, 4) is 11.5 Å². The van der Waals surface area contributed by atoms with E-state index in [1.54, 1.807) is 12.2 Å². The van der Waals surface area contributed by atoms with Gasteiger partial charge in [-0.05, 0) is 54.5 Å². The van der Waals surface area contributed by atoms with Gasteiger partial charge in [0.1, 0.15) is 23.7 Å². The lowest BCUT2D eigenvalue weighted by Gasteiger charge is -2.18. The topological polar surface area (TPSA) is 87.1 Å². The third-order valence-electron chi connectivity index (χ3n) is 4.47. The van der Waals surface area contributed by atoms with Crippen molar-refractivity contribution in [2.75, 3.05) is 13.2 Å². The van der Waals surface area contributed by atoms with Crippen LogP contribution >= 0.6 is 0 Å². The van der Waals surface area contributed by atoms with Gasteiger partial charge in [0.2, 0.25) is 0 Å². The first kappa shape index (κ1) is 19.9. The SMILES string of the molecule is Cc1c(O)ccc(C(=O)OCCN2C=CC(=CC=C3C=CC(=O)C=C3)C=C2)c1O. The number of ether oxygens (including phenoxy) is 1. The van der Waals surface area contributed by atoms with Crippen LogP contribution in [0.4, 0.5) is 0 Å². The van der Waals surface area contributed by atoms with E-state index in [-0.39, 0.29) is 35.0 Å². The van der Waals surface area contributed by atoms with Gasteiger partial charge in [0.15, 0.2) is 5.78 Å². The number of ketones is 1. The number of hydrogen-bond donors (Lipinski definition) is 2.